The molecular formula is C8H10N2O2S. The number of hydrogen-bond acceptors (Lipinski definition) is 5. The standard InChI is InChI=1S/C8H10N2O2S/c1-12-8-3-6(9-5-10-8)2-7(11)4-13/h3,5,13H,2,4H2,1H3. The molecule has 0 aliphatic heterocycles. The van der Waals surface area contributed by atoms with Crippen molar-refractivity contribution in [3.63, 3.8) is 0 Å². The van der Waals surface area contributed by atoms with Gasteiger partial charge in [0, 0.05) is 18.2 Å². The van der Waals surface area contributed by atoms with Crippen LogP contribution in [-0.4, -0.2) is 28.6 Å². The summed E-state index contributed by atoms with van der Waals surface area (Å²) in [6.45, 7) is 0. The van der Waals surface area contributed by atoms with E-state index in [0.717, 1.165) is 0 Å². The zero-order chi connectivity index (χ0) is 9.68. The van der Waals surface area contributed by atoms with Crippen molar-refractivity contribution in [1.82, 2.24) is 9.97 Å². The number of methoxy groups -OCH3 is 1. The third-order valence-corrected chi connectivity index (χ3v) is 1.82. The van der Waals surface area contributed by atoms with Crippen LogP contribution in [0.2, 0.25) is 0 Å². The first-order valence-corrected chi connectivity index (χ1v) is 4.37. The molecule has 0 unspecified atom stereocenters. The van der Waals surface area contributed by atoms with Crippen molar-refractivity contribution >= 4 is 18.4 Å². The fourth-order valence-electron chi connectivity index (χ4n) is 0.843. The van der Waals surface area contributed by atoms with E-state index in [1.165, 1.54) is 13.4 Å². The normalized spacial score (nSPS) is 9.69. The summed E-state index contributed by atoms with van der Waals surface area (Å²) in [5.41, 5.74) is 0.658. The van der Waals surface area contributed by atoms with Crippen LogP contribution in [0.3, 0.4) is 0 Å². The first-order valence-electron chi connectivity index (χ1n) is 3.73. The van der Waals surface area contributed by atoms with Gasteiger partial charge in [-0.05, 0) is 0 Å². The van der Waals surface area contributed by atoms with Crippen molar-refractivity contribution in [1.29, 1.82) is 0 Å². The largest absolute Gasteiger partial charge is 0.481 e. The van der Waals surface area contributed by atoms with Crippen molar-refractivity contribution < 1.29 is 9.53 Å². The van der Waals surface area contributed by atoms with Crippen molar-refractivity contribution in [2.45, 2.75) is 6.42 Å². The van der Waals surface area contributed by atoms with Crippen LogP contribution in [0.15, 0.2) is 12.4 Å². The summed E-state index contributed by atoms with van der Waals surface area (Å²) >= 11 is 3.87. The summed E-state index contributed by atoms with van der Waals surface area (Å²) in [6, 6.07) is 1.64. The molecule has 0 radical (unpaired) electrons. The van der Waals surface area contributed by atoms with E-state index in [-0.39, 0.29) is 18.0 Å². The number of Topliss-reactive ketones (excluding diaryl/α,β-unsaturated/α-hetero) is 1. The molecule has 0 aliphatic carbocycles. The lowest BCUT2D eigenvalue weighted by Crippen LogP contribution is -2.06. The van der Waals surface area contributed by atoms with Crippen LogP contribution < -0.4 is 4.74 Å². The Bertz CT molecular complexity index is 304. The number of rotatable bonds is 4. The molecule has 0 aliphatic rings. The number of carbonyl (C=O) groups excluding carboxylic acids is 1. The van der Waals surface area contributed by atoms with Crippen LogP contribution in [0, 0.1) is 0 Å². The average Bonchev–Trinajstić information content (AvgIpc) is 2.18. The molecule has 1 rings (SSSR count). The van der Waals surface area contributed by atoms with Gasteiger partial charge in [0.05, 0.1) is 12.8 Å². The van der Waals surface area contributed by atoms with Crippen molar-refractivity contribution in [2.24, 2.45) is 0 Å². The van der Waals surface area contributed by atoms with Crippen molar-refractivity contribution in [3.8, 4) is 5.88 Å². The van der Waals surface area contributed by atoms with Gasteiger partial charge in [-0.2, -0.15) is 12.6 Å². The Balaban J connectivity index is 2.71. The minimum Gasteiger partial charge on any atom is -0.481 e. The van der Waals surface area contributed by atoms with Gasteiger partial charge in [-0.15, -0.1) is 0 Å². The van der Waals surface area contributed by atoms with E-state index < -0.39 is 0 Å². The number of carbonyl (C=O) groups is 1. The molecule has 1 aromatic heterocycles. The van der Waals surface area contributed by atoms with Crippen LogP contribution in [0.1, 0.15) is 5.69 Å². The molecule has 1 aromatic rings. The zero-order valence-electron chi connectivity index (χ0n) is 7.23. The number of ketones is 1. The van der Waals surface area contributed by atoms with E-state index in [0.29, 0.717) is 11.6 Å². The van der Waals surface area contributed by atoms with E-state index in [4.69, 9.17) is 4.74 Å². The highest BCUT2D eigenvalue weighted by Gasteiger charge is 2.03. The number of ether oxygens (including phenoxy) is 1. The lowest BCUT2D eigenvalue weighted by Gasteiger charge is -2.00. The predicted octanol–water partition coefficient (Wildman–Crippen LogP) is 0.527. The van der Waals surface area contributed by atoms with Crippen LogP contribution >= 0.6 is 12.6 Å². The molecule has 0 amide bonds. The van der Waals surface area contributed by atoms with Crippen molar-refractivity contribution in [2.75, 3.05) is 12.9 Å². The lowest BCUT2D eigenvalue weighted by molar-refractivity contribution is -0.116. The Morgan fingerprint density at radius 2 is 2.38 bits per heavy atom. The Kier molecular flexibility index (Phi) is 3.70. The van der Waals surface area contributed by atoms with Gasteiger partial charge in [0.1, 0.15) is 12.1 Å². The molecule has 0 N–H and O–H groups in total. The van der Waals surface area contributed by atoms with Gasteiger partial charge in [-0.3, -0.25) is 4.79 Å². The molecule has 0 fully saturated rings. The minimum atomic E-state index is 0.0316. The maximum absolute atomic E-state index is 11.0. The summed E-state index contributed by atoms with van der Waals surface area (Å²) in [6.07, 6.45) is 1.66. The highest BCUT2D eigenvalue weighted by molar-refractivity contribution is 7.81. The second kappa shape index (κ2) is 4.81. The van der Waals surface area contributed by atoms with Gasteiger partial charge < -0.3 is 4.74 Å². The third kappa shape index (κ3) is 3.02. The molecule has 0 spiro atoms. The molecule has 0 atom stereocenters. The number of thiol groups is 1. The summed E-state index contributed by atoms with van der Waals surface area (Å²) < 4.78 is 4.89. The average molecular weight is 198 g/mol. The van der Waals surface area contributed by atoms with E-state index in [1.807, 2.05) is 0 Å². The Labute approximate surface area is 81.8 Å². The van der Waals surface area contributed by atoms with E-state index >= 15 is 0 Å². The molecule has 5 heteroatoms. The molecule has 0 saturated carbocycles. The van der Waals surface area contributed by atoms with E-state index in [9.17, 15) is 4.79 Å². The molecule has 70 valence electrons. The van der Waals surface area contributed by atoms with Gasteiger partial charge in [-0.25, -0.2) is 9.97 Å². The first kappa shape index (κ1) is 9.98. The number of hydrogen-bond donors (Lipinski definition) is 1. The van der Waals surface area contributed by atoms with Crippen LogP contribution in [-0.2, 0) is 11.2 Å². The monoisotopic (exact) mass is 198 g/mol. The molecule has 0 aromatic carbocycles. The van der Waals surface area contributed by atoms with E-state index in [2.05, 4.69) is 22.6 Å². The maximum atomic E-state index is 11.0. The Morgan fingerprint density at radius 1 is 1.62 bits per heavy atom. The summed E-state index contributed by atoms with van der Waals surface area (Å²) in [4.78, 5) is 18.8. The predicted molar refractivity (Wildman–Crippen MR) is 51.1 cm³/mol. The fraction of sp³-hybridized carbons (Fsp3) is 0.375. The molecular weight excluding hydrogens is 188 g/mol. The second-order valence-electron chi connectivity index (χ2n) is 2.43. The van der Waals surface area contributed by atoms with Crippen LogP contribution in [0.25, 0.3) is 0 Å². The molecule has 13 heavy (non-hydrogen) atoms. The summed E-state index contributed by atoms with van der Waals surface area (Å²) in [5.74, 6) is 0.729. The van der Waals surface area contributed by atoms with Crippen molar-refractivity contribution in [3.05, 3.63) is 18.1 Å². The second-order valence-corrected chi connectivity index (χ2v) is 2.74. The first-order chi connectivity index (χ1) is 6.26. The smallest absolute Gasteiger partial charge is 0.216 e. The quantitative estimate of drug-likeness (QED) is 0.717. The Hall–Kier alpha value is -1.10. The van der Waals surface area contributed by atoms with Crippen LogP contribution in [0.5, 0.6) is 5.88 Å². The minimum absolute atomic E-state index is 0.0316. The maximum Gasteiger partial charge on any atom is 0.216 e. The van der Waals surface area contributed by atoms with Gasteiger partial charge in [0.2, 0.25) is 5.88 Å². The van der Waals surface area contributed by atoms with E-state index in [1.54, 1.807) is 6.07 Å². The molecule has 1 heterocycles. The number of aromatic nitrogens is 2. The van der Waals surface area contributed by atoms with Crippen LogP contribution in [0.4, 0.5) is 0 Å². The lowest BCUT2D eigenvalue weighted by atomic mass is 10.2. The SMILES string of the molecule is COc1cc(CC(=O)CS)ncn1. The topological polar surface area (TPSA) is 52.1 Å². The van der Waals surface area contributed by atoms with Gasteiger partial charge in [-0.1, -0.05) is 0 Å². The van der Waals surface area contributed by atoms with Gasteiger partial charge in [0.15, 0.2) is 0 Å². The fourth-order valence-corrected chi connectivity index (χ4v) is 0.955. The third-order valence-electron chi connectivity index (χ3n) is 1.46. The van der Waals surface area contributed by atoms with Gasteiger partial charge in [0.25, 0.3) is 0 Å². The van der Waals surface area contributed by atoms with Gasteiger partial charge >= 0.3 is 0 Å². The molecule has 0 bridgehead atoms. The molecule has 0 saturated heterocycles. The molecule has 4 nitrogen and oxygen atoms in total. The highest BCUT2D eigenvalue weighted by Crippen LogP contribution is 2.06. The summed E-state index contributed by atoms with van der Waals surface area (Å²) in [7, 11) is 1.52. The number of nitrogens with zero attached hydrogens (tertiary/aromatic N) is 2. The highest BCUT2D eigenvalue weighted by atomic mass is 32.1. The summed E-state index contributed by atoms with van der Waals surface area (Å²) in [5, 5.41) is 0. The zero-order valence-corrected chi connectivity index (χ0v) is 8.12. The Morgan fingerprint density at radius 3 is 3.00 bits per heavy atom.